The van der Waals surface area contributed by atoms with E-state index in [2.05, 4.69) is 55.6 Å². The minimum absolute atomic E-state index is 0.00576. The highest BCUT2D eigenvalue weighted by atomic mass is 31.2. The van der Waals surface area contributed by atoms with Gasteiger partial charge in [0.25, 0.3) is 7.82 Å². The zero-order valence-corrected chi connectivity index (χ0v) is 50.7. The molecule has 1 amide bonds. The summed E-state index contributed by atoms with van der Waals surface area (Å²) < 4.78 is 23.4. The Morgan fingerprint density at radius 2 is 0.797 bits per heavy atom. The van der Waals surface area contributed by atoms with Crippen LogP contribution in [-0.4, -0.2) is 68.5 Å². The summed E-state index contributed by atoms with van der Waals surface area (Å²) >= 11 is 0. The molecule has 0 aromatic carbocycles. The molecule has 0 saturated carbocycles. The van der Waals surface area contributed by atoms with Crippen molar-refractivity contribution < 1.29 is 32.9 Å². The van der Waals surface area contributed by atoms with Crippen molar-refractivity contribution in [2.24, 2.45) is 0 Å². The number of hydrogen-bond donors (Lipinski definition) is 2. The number of phosphoric ester groups is 1. The number of likely N-dealkylation sites (N-methyl/N-ethyl adjacent to an activating group) is 1. The minimum Gasteiger partial charge on any atom is -0.756 e. The molecule has 3 atom stereocenters. The molecule has 0 heterocycles. The molecule has 0 aliphatic carbocycles. The number of aliphatic hydroxyl groups is 1. The summed E-state index contributed by atoms with van der Waals surface area (Å²) in [6.07, 6.45) is 75.0. The molecule has 0 aromatic heterocycles. The molecule has 2 N–H and O–H groups in total. The van der Waals surface area contributed by atoms with E-state index in [1.807, 2.05) is 27.2 Å². The van der Waals surface area contributed by atoms with Crippen LogP contribution >= 0.6 is 7.82 Å². The highest BCUT2D eigenvalue weighted by molar-refractivity contribution is 7.45. The van der Waals surface area contributed by atoms with E-state index in [-0.39, 0.29) is 12.5 Å². The van der Waals surface area contributed by atoms with Gasteiger partial charge < -0.3 is 28.8 Å². The first kappa shape index (κ1) is 72.5. The topological polar surface area (TPSA) is 108 Å². The number of hydrogen-bond acceptors (Lipinski definition) is 6. The monoisotopic (exact) mass is 1060 g/mol. The van der Waals surface area contributed by atoms with E-state index in [4.69, 9.17) is 9.05 Å². The number of amides is 1. The van der Waals surface area contributed by atoms with E-state index in [0.29, 0.717) is 17.4 Å². The van der Waals surface area contributed by atoms with Gasteiger partial charge in [-0.3, -0.25) is 9.36 Å². The number of nitrogens with one attached hydrogen (secondary N) is 1. The molecule has 0 saturated heterocycles. The highest BCUT2D eigenvalue weighted by Gasteiger charge is 2.23. The van der Waals surface area contributed by atoms with E-state index in [0.717, 1.165) is 44.9 Å². The normalized spacial score (nSPS) is 14.1. The lowest BCUT2D eigenvalue weighted by Crippen LogP contribution is -2.45. The third-order valence-corrected chi connectivity index (χ3v) is 15.5. The van der Waals surface area contributed by atoms with Crippen LogP contribution in [0, 0.1) is 0 Å². The van der Waals surface area contributed by atoms with Crippen molar-refractivity contribution in [2.75, 3.05) is 40.9 Å². The summed E-state index contributed by atoms with van der Waals surface area (Å²) in [4.78, 5) is 25.6. The molecule has 0 spiro atoms. The Bertz CT molecular complexity index is 1340. The number of quaternary nitrogens is 1. The largest absolute Gasteiger partial charge is 0.756 e. The lowest BCUT2D eigenvalue weighted by molar-refractivity contribution is -0.870. The molecule has 3 unspecified atom stereocenters. The van der Waals surface area contributed by atoms with Gasteiger partial charge in [0, 0.05) is 6.42 Å². The summed E-state index contributed by atoms with van der Waals surface area (Å²) in [5, 5.41) is 13.9. The third kappa shape index (κ3) is 58.1. The molecule has 0 rings (SSSR count). The van der Waals surface area contributed by atoms with Gasteiger partial charge in [-0.05, 0) is 64.2 Å². The predicted molar refractivity (Wildman–Crippen MR) is 321 cm³/mol. The fourth-order valence-electron chi connectivity index (χ4n) is 9.50. The summed E-state index contributed by atoms with van der Waals surface area (Å²) in [7, 11) is 1.25. The van der Waals surface area contributed by atoms with Gasteiger partial charge in [-0.2, -0.15) is 0 Å². The van der Waals surface area contributed by atoms with Gasteiger partial charge in [-0.25, -0.2) is 0 Å². The molecule has 0 aliphatic heterocycles. The van der Waals surface area contributed by atoms with E-state index >= 15 is 0 Å². The van der Waals surface area contributed by atoms with Crippen LogP contribution in [0.4, 0.5) is 0 Å². The number of carbonyl (C=O) groups excluding carboxylic acids is 1. The van der Waals surface area contributed by atoms with Crippen LogP contribution in [-0.2, 0) is 18.4 Å². The van der Waals surface area contributed by atoms with Gasteiger partial charge in [0.15, 0.2) is 0 Å². The molecule has 0 fully saturated rings. The summed E-state index contributed by atoms with van der Waals surface area (Å²) in [5.41, 5.74) is 0. The molecule has 0 bridgehead atoms. The SMILES string of the molecule is CCCCCCC/C=C\C/C=C\CCCCCCCCCCCCCCCCCCCC(=O)NC(COP(=O)([O-])OCC[N+](C)(C)C)C(O)/C=C/CC/C=C/CCCCCCCCCCCCCCCCCCC. The molecule has 8 nitrogen and oxygen atoms in total. The Hall–Kier alpha value is -1.54. The van der Waals surface area contributed by atoms with E-state index in [9.17, 15) is 19.4 Å². The van der Waals surface area contributed by atoms with Crippen LogP contribution in [0.25, 0.3) is 0 Å². The summed E-state index contributed by atoms with van der Waals surface area (Å²) in [5.74, 6) is -0.203. The van der Waals surface area contributed by atoms with Gasteiger partial charge in [-0.1, -0.05) is 287 Å². The second-order valence-electron chi connectivity index (χ2n) is 23.1. The number of carbonyl (C=O) groups is 1. The molecular formula is C65H125N2O6P. The number of allylic oxidation sites excluding steroid dienone is 7. The number of rotatable bonds is 59. The van der Waals surface area contributed by atoms with Crippen LogP contribution < -0.4 is 10.2 Å². The number of nitrogens with zero attached hydrogens (tertiary/aromatic N) is 1. The summed E-state index contributed by atoms with van der Waals surface area (Å²) in [6, 6.07) is -0.904. The Balaban J connectivity index is 4.14. The molecular weight excluding hydrogens is 936 g/mol. The van der Waals surface area contributed by atoms with E-state index in [1.54, 1.807) is 6.08 Å². The van der Waals surface area contributed by atoms with Crippen molar-refractivity contribution in [1.82, 2.24) is 5.32 Å². The maximum Gasteiger partial charge on any atom is 0.268 e. The standard InChI is InChI=1S/C65H125N2O6P/c1-6-8-10-12-14-16-18-20-22-24-26-28-30-31-32-33-34-35-37-39-41-43-45-47-49-51-53-55-57-59-65(69)66-63(62-73-74(70,71)72-61-60-67(3,4)5)64(68)58-56-54-52-50-48-46-44-42-40-38-36-29-27-25-23-21-19-17-15-13-11-9-7-2/h18,20,24,26,48,50,56,58,63-64,68H,6-17,19,21-23,25,27-47,49,51-55,57,59-62H2,1-5H3,(H-,66,69,70,71)/b20-18-,26-24-,50-48+,58-56+. The molecule has 436 valence electrons. The zero-order chi connectivity index (χ0) is 54.2. The average Bonchev–Trinajstić information content (AvgIpc) is 3.36. The van der Waals surface area contributed by atoms with E-state index < -0.39 is 26.6 Å². The third-order valence-electron chi connectivity index (χ3n) is 14.5. The quantitative estimate of drug-likeness (QED) is 0.0272. The first-order valence-electron chi connectivity index (χ1n) is 32.0. The lowest BCUT2D eigenvalue weighted by atomic mass is 10.0. The second-order valence-corrected chi connectivity index (χ2v) is 24.5. The summed E-state index contributed by atoms with van der Waals surface area (Å²) in [6.45, 7) is 4.66. The van der Waals surface area contributed by atoms with Crippen LogP contribution in [0.2, 0.25) is 0 Å². The van der Waals surface area contributed by atoms with Crippen molar-refractivity contribution in [2.45, 2.75) is 321 Å². The lowest BCUT2D eigenvalue weighted by Gasteiger charge is -2.29. The number of unbranched alkanes of at least 4 members (excludes halogenated alkanes) is 40. The van der Waals surface area contributed by atoms with Crippen molar-refractivity contribution in [3.8, 4) is 0 Å². The molecule has 0 aromatic rings. The molecule has 74 heavy (non-hydrogen) atoms. The van der Waals surface area contributed by atoms with Crippen LogP contribution in [0.5, 0.6) is 0 Å². The van der Waals surface area contributed by atoms with Crippen LogP contribution in [0.1, 0.15) is 309 Å². The molecule has 0 radical (unpaired) electrons. The number of phosphoric acid groups is 1. The number of aliphatic hydroxyl groups excluding tert-OH is 1. The van der Waals surface area contributed by atoms with Crippen LogP contribution in [0.15, 0.2) is 48.6 Å². The maximum atomic E-state index is 13.0. The first-order valence-corrected chi connectivity index (χ1v) is 33.5. The Labute approximate surface area is 460 Å². The zero-order valence-electron chi connectivity index (χ0n) is 49.8. The Morgan fingerprint density at radius 1 is 0.473 bits per heavy atom. The molecule has 9 heteroatoms. The van der Waals surface area contributed by atoms with Gasteiger partial charge in [0.2, 0.25) is 5.91 Å². The van der Waals surface area contributed by atoms with Gasteiger partial charge >= 0.3 is 0 Å². The molecule has 0 aliphatic rings. The van der Waals surface area contributed by atoms with Crippen molar-refractivity contribution in [1.29, 1.82) is 0 Å². The predicted octanol–water partition coefficient (Wildman–Crippen LogP) is 19.2. The van der Waals surface area contributed by atoms with Gasteiger partial charge in [0.1, 0.15) is 13.2 Å². The Morgan fingerprint density at radius 3 is 1.18 bits per heavy atom. The van der Waals surface area contributed by atoms with Crippen LogP contribution in [0.3, 0.4) is 0 Å². The minimum atomic E-state index is -4.61. The Kier molecular flexibility index (Phi) is 55.0. The fourth-order valence-corrected chi connectivity index (χ4v) is 10.2. The van der Waals surface area contributed by atoms with E-state index in [1.165, 1.54) is 244 Å². The highest BCUT2D eigenvalue weighted by Crippen LogP contribution is 2.38. The first-order chi connectivity index (χ1) is 36.0. The van der Waals surface area contributed by atoms with Gasteiger partial charge in [-0.15, -0.1) is 0 Å². The maximum absolute atomic E-state index is 13.0. The smallest absolute Gasteiger partial charge is 0.268 e. The van der Waals surface area contributed by atoms with Crippen molar-refractivity contribution >= 4 is 13.7 Å². The van der Waals surface area contributed by atoms with Crippen molar-refractivity contribution in [3.63, 3.8) is 0 Å². The second kappa shape index (κ2) is 56.2. The van der Waals surface area contributed by atoms with Crippen molar-refractivity contribution in [3.05, 3.63) is 48.6 Å². The average molecular weight is 1060 g/mol. The fraction of sp³-hybridized carbons (Fsp3) is 0.862. The van der Waals surface area contributed by atoms with Gasteiger partial charge in [0.05, 0.1) is 39.9 Å².